The summed E-state index contributed by atoms with van der Waals surface area (Å²) in [6.45, 7) is 4.54. The van der Waals surface area contributed by atoms with Crippen LogP contribution in [0.4, 0.5) is 5.69 Å². The largest absolute Gasteiger partial charge is 0.449 e. The summed E-state index contributed by atoms with van der Waals surface area (Å²) in [6.07, 6.45) is 2.09. The molecule has 4 aromatic rings. The monoisotopic (exact) mass is 418 g/mol. The van der Waals surface area contributed by atoms with Crippen LogP contribution in [-0.2, 0) is 20.9 Å². The van der Waals surface area contributed by atoms with Gasteiger partial charge in [-0.15, -0.1) is 0 Å². The van der Waals surface area contributed by atoms with Gasteiger partial charge >= 0.3 is 5.97 Å². The van der Waals surface area contributed by atoms with Crippen molar-refractivity contribution in [3.63, 3.8) is 0 Å². The quantitative estimate of drug-likeness (QED) is 0.334. The van der Waals surface area contributed by atoms with Gasteiger partial charge in [0.25, 0.3) is 5.91 Å². The van der Waals surface area contributed by atoms with Crippen molar-refractivity contribution < 1.29 is 14.3 Å². The number of ether oxygens (including phenoxy) is 1. The number of fused-ring (bicyclic) bond motifs is 3. The smallest absolute Gasteiger partial charge is 0.331 e. The molecule has 0 saturated heterocycles. The molecule has 0 bridgehead atoms. The van der Waals surface area contributed by atoms with E-state index in [0.29, 0.717) is 5.69 Å². The molecule has 152 valence electrons. The summed E-state index contributed by atoms with van der Waals surface area (Å²) in [5, 5.41) is 8.92. The fourth-order valence-corrected chi connectivity index (χ4v) is 4.15. The molecule has 2 heterocycles. The maximum atomic E-state index is 12.5. The number of hydrogen-bond donors (Lipinski definition) is 1. The van der Waals surface area contributed by atoms with Crippen LogP contribution >= 0.6 is 11.3 Å². The van der Waals surface area contributed by atoms with Crippen LogP contribution in [0.3, 0.4) is 0 Å². The Balaban J connectivity index is 1.48. The number of rotatable bonds is 6. The third-order valence-electron chi connectivity index (χ3n) is 4.97. The van der Waals surface area contributed by atoms with Crippen LogP contribution in [0.1, 0.15) is 19.4 Å². The number of anilines is 1. The van der Waals surface area contributed by atoms with Gasteiger partial charge in [-0.1, -0.05) is 18.2 Å². The van der Waals surface area contributed by atoms with Crippen molar-refractivity contribution in [3.8, 4) is 0 Å². The molecule has 0 radical (unpaired) electrons. The first-order valence-corrected chi connectivity index (χ1v) is 10.7. The Morgan fingerprint density at radius 2 is 1.93 bits per heavy atom. The number of thiophene rings is 1. The molecule has 30 heavy (non-hydrogen) atoms. The third-order valence-corrected chi connectivity index (χ3v) is 5.67. The summed E-state index contributed by atoms with van der Waals surface area (Å²) < 4.78 is 7.47. The van der Waals surface area contributed by atoms with Crippen molar-refractivity contribution in [2.75, 3.05) is 5.32 Å². The third kappa shape index (κ3) is 4.00. The summed E-state index contributed by atoms with van der Waals surface area (Å²) in [4.78, 5) is 24.5. The second kappa shape index (κ2) is 8.55. The van der Waals surface area contributed by atoms with E-state index < -0.39 is 12.1 Å². The molecule has 1 amide bonds. The van der Waals surface area contributed by atoms with Gasteiger partial charge in [0.1, 0.15) is 0 Å². The molecule has 0 aliphatic heterocycles. The van der Waals surface area contributed by atoms with Gasteiger partial charge < -0.3 is 14.6 Å². The first kappa shape index (κ1) is 19.9. The average molecular weight is 419 g/mol. The van der Waals surface area contributed by atoms with E-state index >= 15 is 0 Å². The standard InChI is InChI=1S/C24H22N2O3S/c1-3-26-21-7-5-4-6-19(21)20-14-18(9-10-22(20)26)25-24(28)16(2)29-23(27)11-8-17-12-13-30-15-17/h4-16H,3H2,1-2H3,(H,25,28)/b11-8+/t16-/m1/s1. The van der Waals surface area contributed by atoms with Crippen molar-refractivity contribution in [1.82, 2.24) is 4.57 Å². The summed E-state index contributed by atoms with van der Waals surface area (Å²) >= 11 is 1.55. The van der Waals surface area contributed by atoms with E-state index in [9.17, 15) is 9.59 Å². The van der Waals surface area contributed by atoms with Gasteiger partial charge in [0.15, 0.2) is 6.10 Å². The molecule has 0 fully saturated rings. The molecule has 2 aromatic carbocycles. The zero-order valence-corrected chi connectivity index (χ0v) is 17.6. The normalized spacial score (nSPS) is 12.5. The van der Waals surface area contributed by atoms with E-state index in [1.807, 2.05) is 47.2 Å². The molecule has 0 saturated carbocycles. The van der Waals surface area contributed by atoms with Crippen LogP contribution in [0.15, 0.2) is 65.4 Å². The highest BCUT2D eigenvalue weighted by Crippen LogP contribution is 2.31. The minimum absolute atomic E-state index is 0.370. The molecule has 0 unspecified atom stereocenters. The predicted octanol–water partition coefficient (Wildman–Crippen LogP) is 5.46. The number of hydrogen-bond acceptors (Lipinski definition) is 4. The van der Waals surface area contributed by atoms with Gasteiger partial charge in [-0.3, -0.25) is 4.79 Å². The second-order valence-electron chi connectivity index (χ2n) is 6.95. The molecule has 2 aromatic heterocycles. The summed E-state index contributed by atoms with van der Waals surface area (Å²) in [5.41, 5.74) is 3.88. The van der Waals surface area contributed by atoms with Crippen LogP contribution in [0, 0.1) is 0 Å². The number of aromatic nitrogens is 1. The number of aryl methyl sites for hydroxylation is 1. The molecular weight excluding hydrogens is 396 g/mol. The maximum Gasteiger partial charge on any atom is 0.331 e. The number of amides is 1. The number of benzene rings is 2. The Morgan fingerprint density at radius 1 is 1.13 bits per heavy atom. The Kier molecular flexibility index (Phi) is 5.68. The predicted molar refractivity (Wildman–Crippen MR) is 123 cm³/mol. The van der Waals surface area contributed by atoms with E-state index in [-0.39, 0.29) is 5.91 Å². The molecule has 4 rings (SSSR count). The van der Waals surface area contributed by atoms with Gasteiger partial charge in [-0.25, -0.2) is 4.79 Å². The molecule has 1 atom stereocenters. The van der Waals surface area contributed by atoms with E-state index in [1.165, 1.54) is 6.08 Å². The molecule has 1 N–H and O–H groups in total. The summed E-state index contributed by atoms with van der Waals surface area (Å²) in [7, 11) is 0. The van der Waals surface area contributed by atoms with Gasteiger partial charge in [-0.05, 0) is 66.6 Å². The molecule has 0 aliphatic rings. The minimum atomic E-state index is -0.905. The maximum absolute atomic E-state index is 12.5. The summed E-state index contributed by atoms with van der Waals surface area (Å²) in [5.74, 6) is -0.920. The van der Waals surface area contributed by atoms with Crippen molar-refractivity contribution in [1.29, 1.82) is 0 Å². The highest BCUT2D eigenvalue weighted by atomic mass is 32.1. The zero-order valence-electron chi connectivity index (χ0n) is 16.8. The fraction of sp³-hybridized carbons (Fsp3) is 0.167. The Hall–Kier alpha value is -3.38. The lowest BCUT2D eigenvalue weighted by Gasteiger charge is -2.12. The first-order valence-electron chi connectivity index (χ1n) is 9.79. The lowest BCUT2D eigenvalue weighted by molar-refractivity contribution is -0.148. The number of esters is 1. The van der Waals surface area contributed by atoms with Gasteiger partial charge in [0, 0.05) is 40.1 Å². The molecule has 0 spiro atoms. The molecule has 6 heteroatoms. The van der Waals surface area contributed by atoms with Crippen LogP contribution in [-0.4, -0.2) is 22.5 Å². The average Bonchev–Trinajstić information content (AvgIpc) is 3.38. The first-order chi connectivity index (χ1) is 14.6. The van der Waals surface area contributed by atoms with Crippen LogP contribution in [0.5, 0.6) is 0 Å². The van der Waals surface area contributed by atoms with Crippen LogP contribution in [0.2, 0.25) is 0 Å². The Bertz CT molecular complexity index is 1240. The number of nitrogens with zero attached hydrogens (tertiary/aromatic N) is 1. The number of nitrogens with one attached hydrogen (secondary N) is 1. The van der Waals surface area contributed by atoms with Gasteiger partial charge in [0.05, 0.1) is 0 Å². The van der Waals surface area contributed by atoms with E-state index in [4.69, 9.17) is 4.74 Å². The highest BCUT2D eigenvalue weighted by Gasteiger charge is 2.17. The number of carbonyl (C=O) groups is 2. The highest BCUT2D eigenvalue weighted by molar-refractivity contribution is 7.08. The number of para-hydroxylation sites is 1. The lowest BCUT2D eigenvalue weighted by Crippen LogP contribution is -2.29. The number of carbonyl (C=O) groups excluding carboxylic acids is 2. The molecular formula is C24H22N2O3S. The van der Waals surface area contributed by atoms with Crippen molar-refractivity contribution in [2.24, 2.45) is 0 Å². The topological polar surface area (TPSA) is 60.3 Å². The van der Waals surface area contributed by atoms with Crippen LogP contribution in [0.25, 0.3) is 27.9 Å². The lowest BCUT2D eigenvalue weighted by atomic mass is 10.1. The zero-order chi connectivity index (χ0) is 21.1. The van der Waals surface area contributed by atoms with E-state index in [2.05, 4.69) is 28.9 Å². The SMILES string of the molecule is CCn1c2ccccc2c2cc(NC(=O)[C@@H](C)OC(=O)/C=C/c3ccsc3)ccc21. The Morgan fingerprint density at radius 3 is 2.70 bits per heavy atom. The minimum Gasteiger partial charge on any atom is -0.449 e. The van der Waals surface area contributed by atoms with E-state index in [0.717, 1.165) is 33.9 Å². The van der Waals surface area contributed by atoms with Crippen molar-refractivity contribution >= 4 is 56.8 Å². The van der Waals surface area contributed by atoms with Crippen LogP contribution < -0.4 is 5.32 Å². The van der Waals surface area contributed by atoms with Gasteiger partial charge in [0.2, 0.25) is 0 Å². The Labute approximate surface area is 178 Å². The summed E-state index contributed by atoms with van der Waals surface area (Å²) in [6, 6.07) is 16.0. The molecule has 0 aliphatic carbocycles. The van der Waals surface area contributed by atoms with Crippen molar-refractivity contribution in [3.05, 3.63) is 70.9 Å². The fourth-order valence-electron chi connectivity index (χ4n) is 3.52. The van der Waals surface area contributed by atoms with Crippen molar-refractivity contribution in [2.45, 2.75) is 26.5 Å². The molecule has 5 nitrogen and oxygen atoms in total. The van der Waals surface area contributed by atoms with Gasteiger partial charge in [-0.2, -0.15) is 11.3 Å². The second-order valence-corrected chi connectivity index (χ2v) is 7.73. The van der Waals surface area contributed by atoms with E-state index in [1.54, 1.807) is 24.3 Å².